The van der Waals surface area contributed by atoms with Crippen molar-refractivity contribution in [2.75, 3.05) is 33.2 Å². The highest BCUT2D eigenvalue weighted by molar-refractivity contribution is 5.75. The molecule has 1 fully saturated rings. The summed E-state index contributed by atoms with van der Waals surface area (Å²) in [6.07, 6.45) is 0.167. The summed E-state index contributed by atoms with van der Waals surface area (Å²) < 4.78 is 40.2. The van der Waals surface area contributed by atoms with Crippen molar-refractivity contribution in [2.45, 2.75) is 38.4 Å². The summed E-state index contributed by atoms with van der Waals surface area (Å²) >= 11 is 0. The van der Waals surface area contributed by atoms with Crippen molar-refractivity contribution in [3.8, 4) is 0 Å². The number of rotatable bonds is 8. The summed E-state index contributed by atoms with van der Waals surface area (Å²) in [6.45, 7) is 3.63. The molecule has 164 valence electrons. The molecular weight excluding hydrogens is 397 g/mol. The number of aryl methyl sites for hydroxylation is 1. The van der Waals surface area contributed by atoms with Crippen LogP contribution in [0.15, 0.2) is 30.6 Å². The van der Waals surface area contributed by atoms with Crippen molar-refractivity contribution in [1.82, 2.24) is 30.0 Å². The number of likely N-dealkylation sites (tertiary alicyclic amines) is 1. The maximum atomic E-state index is 12.9. The topological polar surface area (TPSA) is 67.2 Å². The van der Waals surface area contributed by atoms with E-state index in [4.69, 9.17) is 0 Å². The molecule has 30 heavy (non-hydrogen) atoms. The van der Waals surface area contributed by atoms with Gasteiger partial charge >= 0.3 is 6.18 Å². The smallest absolute Gasteiger partial charge is 0.345 e. The lowest BCUT2D eigenvalue weighted by Crippen LogP contribution is -2.42. The monoisotopic (exact) mass is 424 g/mol. The molecule has 3 rings (SSSR count). The fourth-order valence-corrected chi connectivity index (χ4v) is 3.87. The minimum absolute atomic E-state index is 0.0478. The van der Waals surface area contributed by atoms with E-state index in [0.29, 0.717) is 37.4 Å². The number of aromatic nitrogens is 4. The first-order valence-corrected chi connectivity index (χ1v) is 10.1. The van der Waals surface area contributed by atoms with E-state index >= 15 is 0 Å². The number of amides is 1. The van der Waals surface area contributed by atoms with Gasteiger partial charge in [-0.15, -0.1) is 5.10 Å². The van der Waals surface area contributed by atoms with Crippen LogP contribution in [0.4, 0.5) is 13.2 Å². The molecule has 1 aromatic carbocycles. The minimum atomic E-state index is -4.31. The van der Waals surface area contributed by atoms with E-state index in [-0.39, 0.29) is 5.91 Å². The van der Waals surface area contributed by atoms with Gasteiger partial charge in [0.1, 0.15) is 6.33 Å². The van der Waals surface area contributed by atoms with Crippen LogP contribution in [0.25, 0.3) is 0 Å². The molecule has 0 unspecified atom stereocenters. The number of tetrazole rings is 1. The van der Waals surface area contributed by atoms with Crippen LogP contribution in [0.2, 0.25) is 0 Å². The zero-order chi connectivity index (χ0) is 21.6. The summed E-state index contributed by atoms with van der Waals surface area (Å²) in [4.78, 5) is 16.4. The maximum absolute atomic E-state index is 12.9. The Bertz CT molecular complexity index is 811. The summed E-state index contributed by atoms with van der Waals surface area (Å²) in [5.74, 6) is 0.411. The molecule has 1 saturated heterocycles. The van der Waals surface area contributed by atoms with E-state index in [1.807, 2.05) is 7.05 Å². The van der Waals surface area contributed by atoms with Crippen LogP contribution in [-0.2, 0) is 23.9 Å². The van der Waals surface area contributed by atoms with Crippen LogP contribution in [0, 0.1) is 5.92 Å². The molecule has 2 aromatic rings. The highest BCUT2D eigenvalue weighted by Crippen LogP contribution is 2.29. The Balaban J connectivity index is 1.44. The van der Waals surface area contributed by atoms with E-state index in [1.165, 1.54) is 23.1 Å². The molecule has 2 heterocycles. The Morgan fingerprint density at radius 1 is 1.30 bits per heavy atom. The highest BCUT2D eigenvalue weighted by Gasteiger charge is 2.30. The Morgan fingerprint density at radius 2 is 2.13 bits per heavy atom. The van der Waals surface area contributed by atoms with Gasteiger partial charge in [-0.3, -0.25) is 4.79 Å². The number of carbonyl (C=O) groups is 1. The molecule has 1 aliphatic heterocycles. The number of alkyl halides is 3. The van der Waals surface area contributed by atoms with Crippen molar-refractivity contribution in [2.24, 2.45) is 5.92 Å². The number of hydrogen-bond acceptors (Lipinski definition) is 5. The van der Waals surface area contributed by atoms with Gasteiger partial charge in [0.25, 0.3) is 0 Å². The lowest BCUT2D eigenvalue weighted by molar-refractivity contribution is -0.137. The Morgan fingerprint density at radius 3 is 2.87 bits per heavy atom. The highest BCUT2D eigenvalue weighted by atomic mass is 19.4. The van der Waals surface area contributed by atoms with Gasteiger partial charge < -0.3 is 9.80 Å². The van der Waals surface area contributed by atoms with Gasteiger partial charge in [0.15, 0.2) is 0 Å². The number of halogens is 3. The Kier molecular flexibility index (Phi) is 7.41. The Labute approximate surface area is 173 Å². The molecule has 0 spiro atoms. The van der Waals surface area contributed by atoms with Crippen molar-refractivity contribution in [1.29, 1.82) is 0 Å². The average Bonchev–Trinajstić information content (AvgIpc) is 3.24. The fraction of sp³-hybridized carbons (Fsp3) is 0.600. The van der Waals surface area contributed by atoms with Crippen molar-refractivity contribution in [3.05, 3.63) is 41.7 Å². The summed E-state index contributed by atoms with van der Waals surface area (Å²) in [6, 6.07) is 5.55. The van der Waals surface area contributed by atoms with Gasteiger partial charge in [0.05, 0.1) is 12.1 Å². The van der Waals surface area contributed by atoms with Crippen LogP contribution in [-0.4, -0.2) is 69.1 Å². The second-order valence-electron chi connectivity index (χ2n) is 7.85. The third-order valence-corrected chi connectivity index (χ3v) is 5.48. The molecule has 1 amide bonds. The first-order valence-electron chi connectivity index (χ1n) is 10.1. The Hall–Kier alpha value is -2.49. The fourth-order valence-electron chi connectivity index (χ4n) is 3.87. The molecule has 7 nitrogen and oxygen atoms in total. The molecule has 0 radical (unpaired) electrons. The molecule has 1 aromatic heterocycles. The molecular formula is C20H27F3N6O. The van der Waals surface area contributed by atoms with Crippen LogP contribution in [0.3, 0.4) is 0 Å². The summed E-state index contributed by atoms with van der Waals surface area (Å²) in [5, 5.41) is 10.9. The molecule has 0 saturated carbocycles. The SMILES string of the molecule is CN(C[C@@H]1CCCN(CCc2cccc(C(F)(F)F)c2)C1)C(=O)CCn1cnnn1. The normalized spacial score (nSPS) is 17.8. The predicted octanol–water partition coefficient (Wildman–Crippen LogP) is 2.50. The molecule has 10 heteroatoms. The molecule has 0 aliphatic carbocycles. The summed E-state index contributed by atoms with van der Waals surface area (Å²) in [7, 11) is 1.81. The van der Waals surface area contributed by atoms with Gasteiger partial charge in [0.2, 0.25) is 5.91 Å². The second-order valence-corrected chi connectivity index (χ2v) is 7.85. The average molecular weight is 424 g/mol. The van der Waals surface area contributed by atoms with E-state index in [1.54, 1.807) is 11.0 Å². The first-order chi connectivity index (χ1) is 14.3. The van der Waals surface area contributed by atoms with Crippen LogP contribution < -0.4 is 0 Å². The zero-order valence-corrected chi connectivity index (χ0v) is 17.1. The minimum Gasteiger partial charge on any atom is -0.345 e. The standard InChI is InChI=1S/C20H27F3N6O/c1-27(19(30)8-11-29-15-24-25-26-29)13-17-5-3-9-28(14-17)10-7-16-4-2-6-18(12-16)20(21,22)23/h2,4,6,12,15,17H,3,5,7-11,13-14H2,1H3/t17-/m0/s1. The van der Waals surface area contributed by atoms with Crippen molar-refractivity contribution in [3.63, 3.8) is 0 Å². The van der Waals surface area contributed by atoms with Gasteiger partial charge in [-0.2, -0.15) is 13.2 Å². The quantitative estimate of drug-likeness (QED) is 0.652. The van der Waals surface area contributed by atoms with Gasteiger partial charge in [-0.05, 0) is 53.8 Å². The van der Waals surface area contributed by atoms with Crippen LogP contribution in [0.1, 0.15) is 30.4 Å². The van der Waals surface area contributed by atoms with Gasteiger partial charge in [-0.1, -0.05) is 18.2 Å². The first kappa shape index (κ1) is 22.2. The lowest BCUT2D eigenvalue weighted by Gasteiger charge is -2.34. The van der Waals surface area contributed by atoms with Crippen LogP contribution in [0.5, 0.6) is 0 Å². The molecule has 1 atom stereocenters. The number of piperidine rings is 1. The maximum Gasteiger partial charge on any atom is 0.416 e. The third kappa shape index (κ3) is 6.51. The van der Waals surface area contributed by atoms with E-state index in [9.17, 15) is 18.0 Å². The molecule has 1 aliphatic rings. The van der Waals surface area contributed by atoms with Gasteiger partial charge in [0, 0.05) is 33.1 Å². The lowest BCUT2D eigenvalue weighted by atomic mass is 9.97. The number of hydrogen-bond donors (Lipinski definition) is 0. The van der Waals surface area contributed by atoms with E-state index in [0.717, 1.165) is 38.5 Å². The van der Waals surface area contributed by atoms with E-state index < -0.39 is 11.7 Å². The predicted molar refractivity (Wildman–Crippen MR) is 104 cm³/mol. The number of carbonyl (C=O) groups excluding carboxylic acids is 1. The number of benzene rings is 1. The summed E-state index contributed by atoms with van der Waals surface area (Å²) in [5.41, 5.74) is 0.0974. The largest absolute Gasteiger partial charge is 0.416 e. The van der Waals surface area contributed by atoms with Gasteiger partial charge in [-0.25, -0.2) is 4.68 Å². The van der Waals surface area contributed by atoms with Crippen LogP contribution >= 0.6 is 0 Å². The van der Waals surface area contributed by atoms with Crippen molar-refractivity contribution >= 4 is 5.91 Å². The zero-order valence-electron chi connectivity index (χ0n) is 17.1. The van der Waals surface area contributed by atoms with E-state index in [2.05, 4.69) is 20.4 Å². The third-order valence-electron chi connectivity index (χ3n) is 5.48. The molecule has 0 bridgehead atoms. The second kappa shape index (κ2) is 10.0. The number of nitrogens with zero attached hydrogens (tertiary/aromatic N) is 6. The van der Waals surface area contributed by atoms with Crippen molar-refractivity contribution < 1.29 is 18.0 Å². The molecule has 0 N–H and O–H groups in total.